The zero-order valence-electron chi connectivity index (χ0n) is 17.6. The molecule has 1 saturated carbocycles. The predicted octanol–water partition coefficient (Wildman–Crippen LogP) is 2.51. The van der Waals surface area contributed by atoms with Crippen molar-refractivity contribution in [2.24, 2.45) is 4.99 Å². The van der Waals surface area contributed by atoms with Gasteiger partial charge in [-0.25, -0.2) is 0 Å². The van der Waals surface area contributed by atoms with Crippen LogP contribution in [0.1, 0.15) is 57.6 Å². The number of aryl methyl sites for hydroxylation is 1. The molecule has 1 aliphatic heterocycles. The second-order valence-electron chi connectivity index (χ2n) is 8.19. The van der Waals surface area contributed by atoms with Gasteiger partial charge in [-0.05, 0) is 52.0 Å². The van der Waals surface area contributed by atoms with Gasteiger partial charge < -0.3 is 15.2 Å². The Morgan fingerprint density at radius 3 is 2.79 bits per heavy atom. The number of nitrogens with zero attached hydrogens (tertiary/aromatic N) is 3. The van der Waals surface area contributed by atoms with Crippen LogP contribution in [0.15, 0.2) is 28.0 Å². The third kappa shape index (κ3) is 5.84. The Balaban J connectivity index is 1.42. The van der Waals surface area contributed by atoms with Crippen molar-refractivity contribution in [2.45, 2.75) is 77.4 Å². The molecule has 1 aromatic heterocycles. The van der Waals surface area contributed by atoms with E-state index >= 15 is 0 Å². The fourth-order valence-electron chi connectivity index (χ4n) is 4.50. The molecule has 6 heteroatoms. The molecule has 0 spiro atoms. The second-order valence-corrected chi connectivity index (χ2v) is 8.19. The summed E-state index contributed by atoms with van der Waals surface area (Å²) < 4.78 is 1.85. The van der Waals surface area contributed by atoms with Gasteiger partial charge in [-0.1, -0.05) is 18.9 Å². The summed E-state index contributed by atoms with van der Waals surface area (Å²) in [7, 11) is 0. The molecule has 2 aliphatic rings. The van der Waals surface area contributed by atoms with Gasteiger partial charge in [0, 0.05) is 56.6 Å². The van der Waals surface area contributed by atoms with Crippen LogP contribution in [0.4, 0.5) is 0 Å². The lowest BCUT2D eigenvalue weighted by Crippen LogP contribution is -2.45. The monoisotopic (exact) mass is 387 g/mol. The van der Waals surface area contributed by atoms with E-state index in [9.17, 15) is 4.79 Å². The maximum absolute atomic E-state index is 11.9. The number of hydrogen-bond donors (Lipinski definition) is 2. The van der Waals surface area contributed by atoms with Crippen molar-refractivity contribution in [1.82, 2.24) is 20.1 Å². The number of nitrogens with one attached hydrogen (secondary N) is 2. The summed E-state index contributed by atoms with van der Waals surface area (Å²) in [6, 6.07) is 6.77. The lowest BCUT2D eigenvalue weighted by atomic mass is 10.2. The summed E-state index contributed by atoms with van der Waals surface area (Å²) in [5.41, 5.74) is 1.12. The topological polar surface area (TPSA) is 61.7 Å². The summed E-state index contributed by atoms with van der Waals surface area (Å²) in [4.78, 5) is 19.4. The molecule has 0 radical (unpaired) electrons. The summed E-state index contributed by atoms with van der Waals surface area (Å²) in [6.07, 6.45) is 8.71. The first-order valence-corrected chi connectivity index (χ1v) is 11.1. The number of likely N-dealkylation sites (tertiary alicyclic amines) is 1. The van der Waals surface area contributed by atoms with E-state index in [-0.39, 0.29) is 5.56 Å². The number of aromatic nitrogens is 1. The first-order chi connectivity index (χ1) is 13.7. The third-order valence-corrected chi connectivity index (χ3v) is 6.07. The molecule has 0 aromatic carbocycles. The van der Waals surface area contributed by atoms with E-state index in [2.05, 4.69) is 22.5 Å². The van der Waals surface area contributed by atoms with Crippen LogP contribution < -0.4 is 16.2 Å². The summed E-state index contributed by atoms with van der Waals surface area (Å²) in [5, 5.41) is 7.03. The molecular weight excluding hydrogens is 350 g/mol. The highest BCUT2D eigenvalue weighted by Gasteiger charge is 2.30. The molecule has 0 amide bonds. The van der Waals surface area contributed by atoms with Gasteiger partial charge in [-0.2, -0.15) is 0 Å². The lowest BCUT2D eigenvalue weighted by Gasteiger charge is -2.24. The van der Waals surface area contributed by atoms with Gasteiger partial charge in [0.1, 0.15) is 0 Å². The third-order valence-electron chi connectivity index (χ3n) is 6.07. The first kappa shape index (κ1) is 20.9. The second kappa shape index (κ2) is 10.6. The molecule has 1 aliphatic carbocycles. The van der Waals surface area contributed by atoms with Crippen LogP contribution >= 0.6 is 0 Å². The maximum atomic E-state index is 11.9. The zero-order chi connectivity index (χ0) is 19.8. The lowest BCUT2D eigenvalue weighted by molar-refractivity contribution is 0.242. The Morgan fingerprint density at radius 2 is 2.04 bits per heavy atom. The Hall–Kier alpha value is -1.82. The fraction of sp³-hybridized carbons (Fsp3) is 0.727. The van der Waals surface area contributed by atoms with Crippen LogP contribution in [0.3, 0.4) is 0 Å². The van der Waals surface area contributed by atoms with Gasteiger partial charge in [0.2, 0.25) is 0 Å². The molecule has 2 N–H and O–H groups in total. The van der Waals surface area contributed by atoms with Crippen molar-refractivity contribution in [3.05, 3.63) is 34.2 Å². The number of guanidine groups is 1. The van der Waals surface area contributed by atoms with E-state index in [1.54, 1.807) is 6.07 Å². The number of aliphatic imine (C=N–C) groups is 1. The normalized spacial score (nSPS) is 21.4. The van der Waals surface area contributed by atoms with Gasteiger partial charge >= 0.3 is 0 Å². The molecule has 2 fully saturated rings. The molecule has 1 atom stereocenters. The van der Waals surface area contributed by atoms with Crippen LogP contribution in [0, 0.1) is 6.92 Å². The Bertz CT molecular complexity index is 692. The molecule has 6 nitrogen and oxygen atoms in total. The smallest absolute Gasteiger partial charge is 0.250 e. The van der Waals surface area contributed by atoms with Gasteiger partial charge in [0.05, 0.1) is 0 Å². The highest BCUT2D eigenvalue weighted by molar-refractivity contribution is 5.80. The number of pyridine rings is 1. The SMILES string of the molecule is CCNC(=NCCCCn1c(C)cccc1=O)NC1CCN(C2CCCC2)C1. The molecule has 2 heterocycles. The van der Waals surface area contributed by atoms with Crippen LogP contribution in [0.25, 0.3) is 0 Å². The Morgan fingerprint density at radius 1 is 1.21 bits per heavy atom. The number of hydrogen-bond acceptors (Lipinski definition) is 3. The van der Waals surface area contributed by atoms with Crippen molar-refractivity contribution in [3.63, 3.8) is 0 Å². The summed E-state index contributed by atoms with van der Waals surface area (Å²) in [6.45, 7) is 8.89. The number of rotatable bonds is 8. The van der Waals surface area contributed by atoms with Crippen molar-refractivity contribution in [2.75, 3.05) is 26.2 Å². The highest BCUT2D eigenvalue weighted by atomic mass is 16.1. The van der Waals surface area contributed by atoms with Gasteiger partial charge in [-0.3, -0.25) is 14.7 Å². The van der Waals surface area contributed by atoms with Crippen LogP contribution in [0.2, 0.25) is 0 Å². The number of unbranched alkanes of at least 4 members (excludes halogenated alkanes) is 1. The van der Waals surface area contributed by atoms with Crippen LogP contribution in [0.5, 0.6) is 0 Å². The van der Waals surface area contributed by atoms with Crippen LogP contribution in [-0.2, 0) is 6.54 Å². The summed E-state index contributed by atoms with van der Waals surface area (Å²) in [5.74, 6) is 0.939. The largest absolute Gasteiger partial charge is 0.357 e. The zero-order valence-corrected chi connectivity index (χ0v) is 17.6. The molecule has 28 heavy (non-hydrogen) atoms. The highest BCUT2D eigenvalue weighted by Crippen LogP contribution is 2.26. The van der Waals surface area contributed by atoms with Gasteiger partial charge in [0.15, 0.2) is 5.96 Å². The van der Waals surface area contributed by atoms with E-state index in [0.29, 0.717) is 6.04 Å². The average molecular weight is 388 g/mol. The predicted molar refractivity (Wildman–Crippen MR) is 116 cm³/mol. The molecule has 1 saturated heterocycles. The fourth-order valence-corrected chi connectivity index (χ4v) is 4.50. The molecular formula is C22H37N5O. The van der Waals surface area contributed by atoms with Gasteiger partial charge in [0.25, 0.3) is 5.56 Å². The van der Waals surface area contributed by atoms with E-state index in [4.69, 9.17) is 4.99 Å². The summed E-state index contributed by atoms with van der Waals surface area (Å²) >= 11 is 0. The van der Waals surface area contributed by atoms with E-state index < -0.39 is 0 Å². The minimum absolute atomic E-state index is 0.0894. The van der Waals surface area contributed by atoms with Crippen molar-refractivity contribution in [3.8, 4) is 0 Å². The van der Waals surface area contributed by atoms with Crippen LogP contribution in [-0.4, -0.2) is 53.7 Å². The molecule has 0 bridgehead atoms. The molecule has 1 aromatic rings. The quantitative estimate of drug-likeness (QED) is 0.409. The van der Waals surface area contributed by atoms with E-state index in [0.717, 1.165) is 56.7 Å². The average Bonchev–Trinajstić information content (AvgIpc) is 3.35. The minimum atomic E-state index is 0.0894. The molecule has 1 unspecified atom stereocenters. The Labute approximate surface area is 169 Å². The molecule has 3 rings (SSSR count). The van der Waals surface area contributed by atoms with Crippen molar-refractivity contribution >= 4 is 5.96 Å². The van der Waals surface area contributed by atoms with Crippen molar-refractivity contribution < 1.29 is 0 Å². The van der Waals surface area contributed by atoms with Crippen molar-refractivity contribution in [1.29, 1.82) is 0 Å². The minimum Gasteiger partial charge on any atom is -0.357 e. The standard InChI is InChI=1S/C22H37N5O/c1-3-23-22(25-19-13-16-26(17-19)20-10-4-5-11-20)24-14-6-7-15-27-18(2)9-8-12-21(27)28/h8-9,12,19-20H,3-7,10-11,13-17H2,1-2H3,(H2,23,24,25). The van der Waals surface area contributed by atoms with E-state index in [1.165, 1.54) is 38.6 Å². The first-order valence-electron chi connectivity index (χ1n) is 11.1. The Kier molecular flexibility index (Phi) is 7.95. The van der Waals surface area contributed by atoms with E-state index in [1.807, 2.05) is 23.6 Å². The maximum Gasteiger partial charge on any atom is 0.250 e. The molecule has 156 valence electrons. The van der Waals surface area contributed by atoms with Gasteiger partial charge in [-0.15, -0.1) is 0 Å².